The third kappa shape index (κ3) is 3.75. The zero-order valence-electron chi connectivity index (χ0n) is 13.1. The van der Waals surface area contributed by atoms with Gasteiger partial charge in [0.05, 0.1) is 31.3 Å². The summed E-state index contributed by atoms with van der Waals surface area (Å²) in [5.74, 6) is -1.31. The topological polar surface area (TPSA) is 107 Å². The van der Waals surface area contributed by atoms with Crippen molar-refractivity contribution in [1.29, 1.82) is 0 Å². The molecule has 0 radical (unpaired) electrons. The van der Waals surface area contributed by atoms with Crippen LogP contribution < -0.4 is 5.32 Å². The van der Waals surface area contributed by atoms with E-state index >= 15 is 0 Å². The molecule has 0 saturated carbocycles. The van der Waals surface area contributed by atoms with Crippen LogP contribution in [0.3, 0.4) is 0 Å². The van der Waals surface area contributed by atoms with E-state index in [0.29, 0.717) is 25.1 Å². The minimum atomic E-state index is -0.591. The smallest absolute Gasteiger partial charge is 0.290 e. The summed E-state index contributed by atoms with van der Waals surface area (Å²) in [6.07, 6.45) is 3.91. The third-order valence-corrected chi connectivity index (χ3v) is 3.82. The molecule has 1 amide bonds. The number of rotatable bonds is 8. The van der Waals surface area contributed by atoms with Crippen LogP contribution in [0.5, 0.6) is 0 Å². The summed E-state index contributed by atoms with van der Waals surface area (Å²) in [6, 6.07) is 2.93. The van der Waals surface area contributed by atoms with Gasteiger partial charge in [-0.05, 0) is 18.6 Å². The average Bonchev–Trinajstić information content (AvgIpc) is 2.80. The van der Waals surface area contributed by atoms with Crippen LogP contribution in [0, 0.1) is 0 Å². The van der Waals surface area contributed by atoms with E-state index in [9.17, 15) is 14.7 Å². The van der Waals surface area contributed by atoms with Crippen molar-refractivity contribution in [2.45, 2.75) is 19.4 Å². The number of carbonyl (C=O) groups excluding carboxylic acids is 2. The van der Waals surface area contributed by atoms with Gasteiger partial charge in [0, 0.05) is 25.4 Å². The van der Waals surface area contributed by atoms with Crippen LogP contribution in [0.25, 0.3) is 0 Å². The largest absolute Gasteiger partial charge is 0.503 e. The Bertz CT molecular complexity index is 601. The summed E-state index contributed by atoms with van der Waals surface area (Å²) in [5, 5.41) is 20.8. The number of carbonyl (C=O) groups is 2. The van der Waals surface area contributed by atoms with E-state index in [2.05, 4.69) is 4.98 Å². The van der Waals surface area contributed by atoms with Crippen molar-refractivity contribution in [2.24, 2.45) is 0 Å². The molecule has 0 aromatic carbocycles. The van der Waals surface area contributed by atoms with Gasteiger partial charge in [-0.1, -0.05) is 6.07 Å². The van der Waals surface area contributed by atoms with E-state index in [4.69, 9.17) is 5.11 Å². The zero-order chi connectivity index (χ0) is 16.8. The summed E-state index contributed by atoms with van der Waals surface area (Å²) in [6.45, 7) is 3.24. The molecule has 23 heavy (non-hydrogen) atoms. The number of aliphatic hydroxyl groups is 2. The molecule has 2 rings (SSSR count). The highest BCUT2D eigenvalue weighted by Crippen LogP contribution is 2.37. The van der Waals surface area contributed by atoms with Crippen molar-refractivity contribution in [2.75, 3.05) is 26.2 Å². The van der Waals surface area contributed by atoms with E-state index in [1.807, 2.05) is 5.32 Å². The third-order valence-electron chi connectivity index (χ3n) is 3.82. The molecule has 0 saturated heterocycles. The first-order valence-electron chi connectivity index (χ1n) is 7.65. The Balaban J connectivity index is 2.19. The molecule has 7 heteroatoms. The van der Waals surface area contributed by atoms with Crippen LogP contribution in [0.4, 0.5) is 0 Å². The molecule has 7 nitrogen and oxygen atoms in total. The van der Waals surface area contributed by atoms with E-state index in [1.165, 1.54) is 11.8 Å². The fourth-order valence-electron chi connectivity index (χ4n) is 2.77. The Morgan fingerprint density at radius 2 is 2.22 bits per heavy atom. The minimum absolute atomic E-state index is 0.109. The molecule has 1 aliphatic rings. The highest BCUT2D eigenvalue weighted by atomic mass is 16.3. The quantitative estimate of drug-likeness (QED) is 0.550. The molecule has 1 aromatic rings. The number of nitrogens with two attached hydrogens (primary N) is 1. The molecule has 0 spiro atoms. The highest BCUT2D eigenvalue weighted by molar-refractivity contribution is 6.08. The maximum absolute atomic E-state index is 12.3. The van der Waals surface area contributed by atoms with Crippen molar-refractivity contribution in [3.8, 4) is 0 Å². The number of Topliss-reactive ketones (excluding diaryl/α,β-unsaturated/α-hetero) is 1. The number of aromatic nitrogens is 1. The summed E-state index contributed by atoms with van der Waals surface area (Å²) >= 11 is 0. The molecule has 4 N–H and O–H groups in total. The lowest BCUT2D eigenvalue weighted by Gasteiger charge is -2.26. The minimum Gasteiger partial charge on any atom is -0.503 e. The molecule has 1 aliphatic heterocycles. The number of amides is 1. The van der Waals surface area contributed by atoms with Crippen molar-refractivity contribution in [1.82, 2.24) is 9.88 Å². The second-order valence-corrected chi connectivity index (χ2v) is 5.45. The Morgan fingerprint density at radius 3 is 2.83 bits per heavy atom. The van der Waals surface area contributed by atoms with Crippen LogP contribution >= 0.6 is 0 Å². The first-order valence-corrected chi connectivity index (χ1v) is 7.65. The maximum Gasteiger partial charge on any atom is 0.290 e. The lowest BCUT2D eigenvalue weighted by Crippen LogP contribution is -2.85. The van der Waals surface area contributed by atoms with Crippen molar-refractivity contribution in [3.63, 3.8) is 0 Å². The van der Waals surface area contributed by atoms with E-state index < -0.39 is 17.7 Å². The molecule has 1 aromatic heterocycles. The summed E-state index contributed by atoms with van der Waals surface area (Å²) in [7, 11) is 0. The summed E-state index contributed by atoms with van der Waals surface area (Å²) in [4.78, 5) is 29.8. The van der Waals surface area contributed by atoms with Gasteiger partial charge in [0.2, 0.25) is 0 Å². The van der Waals surface area contributed by atoms with Crippen molar-refractivity contribution >= 4 is 11.7 Å². The predicted molar refractivity (Wildman–Crippen MR) is 82.4 cm³/mol. The van der Waals surface area contributed by atoms with Gasteiger partial charge in [0.25, 0.3) is 5.91 Å². The van der Waals surface area contributed by atoms with Crippen LogP contribution in [0.2, 0.25) is 0 Å². The standard InChI is InChI=1S/C16H21N3O4/c1-11(21)13-14(12-4-2-5-18-10-12)19(16(23)15(13)22)8-3-6-17-7-9-20/h2,4-5,10,14,17,20,22H,3,6-9H2,1H3/p+1/t14-/m1/s1. The maximum atomic E-state index is 12.3. The van der Waals surface area contributed by atoms with E-state index in [0.717, 1.165) is 6.54 Å². The van der Waals surface area contributed by atoms with Gasteiger partial charge in [-0.2, -0.15) is 0 Å². The molecule has 124 valence electrons. The second kappa shape index (κ2) is 7.85. The van der Waals surface area contributed by atoms with Gasteiger partial charge < -0.3 is 20.4 Å². The summed E-state index contributed by atoms with van der Waals surface area (Å²) in [5.41, 5.74) is 0.830. The van der Waals surface area contributed by atoms with Crippen molar-refractivity contribution in [3.05, 3.63) is 41.4 Å². The number of aliphatic hydroxyl groups excluding tert-OH is 2. The van der Waals surface area contributed by atoms with Gasteiger partial charge in [0.1, 0.15) is 0 Å². The molecule has 0 bridgehead atoms. The summed E-state index contributed by atoms with van der Waals surface area (Å²) < 4.78 is 0. The normalized spacial score (nSPS) is 17.9. The number of hydrogen-bond donors (Lipinski definition) is 3. The van der Waals surface area contributed by atoms with Gasteiger partial charge in [-0.15, -0.1) is 0 Å². The van der Waals surface area contributed by atoms with Gasteiger partial charge in [0.15, 0.2) is 11.5 Å². The predicted octanol–water partition coefficient (Wildman–Crippen LogP) is -0.688. The second-order valence-electron chi connectivity index (χ2n) is 5.45. The molecular formula is C16H22N3O4+. The average molecular weight is 320 g/mol. The van der Waals surface area contributed by atoms with Crippen molar-refractivity contribution < 1.29 is 25.1 Å². The number of quaternary nitrogens is 1. The van der Waals surface area contributed by atoms with E-state index in [1.54, 1.807) is 24.5 Å². The SMILES string of the molecule is CC(=O)C1=C(O)C(=O)N(CCC[NH2+]CCO)[C@@H]1c1cccnc1. The number of hydrogen-bond acceptors (Lipinski definition) is 5. The molecule has 0 fully saturated rings. The molecule has 1 atom stereocenters. The van der Waals surface area contributed by atoms with Crippen LogP contribution in [-0.2, 0) is 9.59 Å². The van der Waals surface area contributed by atoms with Crippen LogP contribution in [-0.4, -0.2) is 58.0 Å². The molecule has 0 unspecified atom stereocenters. The van der Waals surface area contributed by atoms with Crippen LogP contribution in [0.15, 0.2) is 35.9 Å². The molecule has 0 aliphatic carbocycles. The Hall–Kier alpha value is -2.25. The molecular weight excluding hydrogens is 298 g/mol. The number of ketones is 1. The van der Waals surface area contributed by atoms with Gasteiger partial charge in [-0.25, -0.2) is 0 Å². The first kappa shape index (κ1) is 17.1. The lowest BCUT2D eigenvalue weighted by atomic mass is 9.98. The van der Waals surface area contributed by atoms with Gasteiger partial charge >= 0.3 is 0 Å². The fraction of sp³-hybridized carbons (Fsp3) is 0.438. The Kier molecular flexibility index (Phi) is 5.84. The lowest BCUT2D eigenvalue weighted by molar-refractivity contribution is -0.656. The zero-order valence-corrected chi connectivity index (χ0v) is 13.1. The number of pyridine rings is 1. The first-order chi connectivity index (χ1) is 11.1. The monoisotopic (exact) mass is 320 g/mol. The Morgan fingerprint density at radius 1 is 1.43 bits per heavy atom. The fourth-order valence-corrected chi connectivity index (χ4v) is 2.77. The highest BCUT2D eigenvalue weighted by Gasteiger charge is 2.42. The molecule has 2 heterocycles. The van der Waals surface area contributed by atoms with E-state index in [-0.39, 0.29) is 18.0 Å². The number of nitrogens with zero attached hydrogens (tertiary/aromatic N) is 2. The van der Waals surface area contributed by atoms with Gasteiger partial charge in [-0.3, -0.25) is 14.6 Å². The van der Waals surface area contributed by atoms with Crippen LogP contribution in [0.1, 0.15) is 24.9 Å². The Labute approximate surface area is 134 Å².